The first-order valence-corrected chi connectivity index (χ1v) is 12.9. The molecule has 0 fully saturated rings. The van der Waals surface area contributed by atoms with Gasteiger partial charge in [0.25, 0.3) is 0 Å². The van der Waals surface area contributed by atoms with Crippen molar-refractivity contribution in [1.29, 1.82) is 0 Å². The van der Waals surface area contributed by atoms with E-state index in [0.717, 1.165) is 5.56 Å². The molecule has 3 aromatic heterocycles. The molecule has 4 rings (SSSR count). The highest BCUT2D eigenvalue weighted by Crippen LogP contribution is 2.38. The number of rotatable bonds is 10. The summed E-state index contributed by atoms with van der Waals surface area (Å²) in [5.41, 5.74) is 1.87. The SMILES string of the molecule is COc1cnc([C@@H](O)[C@@H](C)S(=O)(=O)Nc2nnc(-c3cncc(C)c3)n2-c2c(OC)cccc2OC)cn1. The number of hydrogen-bond donors (Lipinski definition) is 2. The molecule has 0 aliphatic heterocycles. The van der Waals surface area contributed by atoms with E-state index in [0.29, 0.717) is 22.7 Å². The second kappa shape index (κ2) is 11.0. The van der Waals surface area contributed by atoms with Gasteiger partial charge >= 0.3 is 0 Å². The molecule has 14 heteroatoms. The first kappa shape index (κ1) is 26.8. The lowest BCUT2D eigenvalue weighted by molar-refractivity contribution is 0.170. The molecule has 0 unspecified atom stereocenters. The van der Waals surface area contributed by atoms with Gasteiger partial charge in [0.15, 0.2) is 5.82 Å². The third-order valence-electron chi connectivity index (χ3n) is 5.75. The maximum Gasteiger partial charge on any atom is 0.243 e. The number of nitrogens with one attached hydrogen (secondary N) is 1. The highest BCUT2D eigenvalue weighted by atomic mass is 32.2. The molecule has 2 atom stereocenters. The van der Waals surface area contributed by atoms with Gasteiger partial charge in [0, 0.05) is 18.0 Å². The van der Waals surface area contributed by atoms with E-state index < -0.39 is 21.4 Å². The fourth-order valence-corrected chi connectivity index (χ4v) is 4.74. The third kappa shape index (κ3) is 5.21. The summed E-state index contributed by atoms with van der Waals surface area (Å²) < 4.78 is 46.9. The lowest BCUT2D eigenvalue weighted by Crippen LogP contribution is -2.32. The highest BCUT2D eigenvalue weighted by molar-refractivity contribution is 7.93. The molecule has 0 spiro atoms. The van der Waals surface area contributed by atoms with E-state index in [1.165, 1.54) is 45.2 Å². The number of benzene rings is 1. The van der Waals surface area contributed by atoms with Crippen LogP contribution in [0.4, 0.5) is 5.95 Å². The molecule has 200 valence electrons. The minimum atomic E-state index is -4.24. The summed E-state index contributed by atoms with van der Waals surface area (Å²) in [5.74, 6) is 1.13. The van der Waals surface area contributed by atoms with Crippen molar-refractivity contribution in [1.82, 2.24) is 29.7 Å². The predicted molar refractivity (Wildman–Crippen MR) is 138 cm³/mol. The van der Waals surface area contributed by atoms with Crippen molar-refractivity contribution in [2.45, 2.75) is 25.2 Å². The van der Waals surface area contributed by atoms with Gasteiger partial charge in [-0.1, -0.05) is 6.07 Å². The molecule has 4 aromatic rings. The Bertz CT molecular complexity index is 1500. The van der Waals surface area contributed by atoms with Gasteiger partial charge in [-0.05, 0) is 37.6 Å². The number of aryl methyl sites for hydroxylation is 1. The maximum atomic E-state index is 13.4. The predicted octanol–water partition coefficient (Wildman–Crippen LogP) is 2.32. The van der Waals surface area contributed by atoms with Crippen LogP contribution in [0.3, 0.4) is 0 Å². The number of methoxy groups -OCH3 is 3. The molecule has 0 bridgehead atoms. The van der Waals surface area contributed by atoms with Gasteiger partial charge in [-0.2, -0.15) is 0 Å². The molecule has 0 amide bonds. The van der Waals surface area contributed by atoms with Gasteiger partial charge < -0.3 is 19.3 Å². The minimum absolute atomic E-state index is 0.0584. The standard InChI is InChI=1S/C24H27N7O6S/c1-14-9-16(11-25-10-14)23-28-29-24(31(23)21-18(35-3)7-6-8-19(21)36-4)30-38(33,34)15(2)22(32)17-12-27-20(37-5)13-26-17/h6-13,15,22,32H,1-5H3,(H,29,30)/t15-,22+/m1/s1. The zero-order valence-corrected chi connectivity index (χ0v) is 22.2. The molecule has 0 aliphatic carbocycles. The van der Waals surface area contributed by atoms with Gasteiger partial charge in [0.05, 0.1) is 39.4 Å². The van der Waals surface area contributed by atoms with Crippen molar-refractivity contribution in [3.63, 3.8) is 0 Å². The third-order valence-corrected chi connectivity index (χ3v) is 7.45. The van der Waals surface area contributed by atoms with Crippen molar-refractivity contribution in [3.05, 3.63) is 60.3 Å². The monoisotopic (exact) mass is 541 g/mol. The van der Waals surface area contributed by atoms with Crippen molar-refractivity contribution >= 4 is 16.0 Å². The van der Waals surface area contributed by atoms with Crippen molar-refractivity contribution in [2.75, 3.05) is 26.1 Å². The number of ether oxygens (including phenoxy) is 3. The van der Waals surface area contributed by atoms with Crippen LogP contribution in [0.5, 0.6) is 17.4 Å². The fraction of sp³-hybridized carbons (Fsp3) is 0.292. The van der Waals surface area contributed by atoms with E-state index >= 15 is 0 Å². The van der Waals surface area contributed by atoms with Gasteiger partial charge in [-0.25, -0.2) is 13.4 Å². The van der Waals surface area contributed by atoms with Crippen LogP contribution in [0.1, 0.15) is 24.3 Å². The zero-order chi connectivity index (χ0) is 27.4. The van der Waals surface area contributed by atoms with Crippen LogP contribution in [0.2, 0.25) is 0 Å². The average Bonchev–Trinajstić information content (AvgIpc) is 3.33. The molecule has 0 radical (unpaired) electrons. The van der Waals surface area contributed by atoms with Gasteiger partial charge in [-0.15, -0.1) is 10.2 Å². The Morgan fingerprint density at radius 1 is 0.974 bits per heavy atom. The zero-order valence-electron chi connectivity index (χ0n) is 21.4. The lowest BCUT2D eigenvalue weighted by Gasteiger charge is -2.21. The van der Waals surface area contributed by atoms with Crippen LogP contribution < -0.4 is 18.9 Å². The first-order chi connectivity index (χ1) is 18.2. The molecule has 0 saturated heterocycles. The molecule has 1 aromatic carbocycles. The Kier molecular flexibility index (Phi) is 7.73. The molecule has 3 heterocycles. The quantitative estimate of drug-likeness (QED) is 0.303. The van der Waals surface area contributed by atoms with E-state index in [9.17, 15) is 13.5 Å². The Morgan fingerprint density at radius 2 is 1.68 bits per heavy atom. The van der Waals surface area contributed by atoms with Gasteiger partial charge in [-0.3, -0.25) is 19.3 Å². The van der Waals surface area contributed by atoms with E-state index in [1.54, 1.807) is 30.6 Å². The Labute approximate surface area is 219 Å². The van der Waals surface area contributed by atoms with E-state index in [-0.39, 0.29) is 23.3 Å². The number of para-hydroxylation sites is 1. The average molecular weight is 542 g/mol. The van der Waals surface area contributed by atoms with Crippen LogP contribution in [0.25, 0.3) is 17.1 Å². The second-order valence-electron chi connectivity index (χ2n) is 8.23. The van der Waals surface area contributed by atoms with Crippen LogP contribution in [0, 0.1) is 6.92 Å². The number of aromatic nitrogens is 6. The smallest absolute Gasteiger partial charge is 0.243 e. The summed E-state index contributed by atoms with van der Waals surface area (Å²) in [4.78, 5) is 12.3. The first-order valence-electron chi connectivity index (χ1n) is 11.3. The van der Waals surface area contributed by atoms with E-state index in [2.05, 4.69) is 29.9 Å². The number of nitrogens with zero attached hydrogens (tertiary/aromatic N) is 6. The normalized spacial score (nSPS) is 13.0. The molecule has 2 N–H and O–H groups in total. The molecule has 38 heavy (non-hydrogen) atoms. The summed E-state index contributed by atoms with van der Waals surface area (Å²) >= 11 is 0. The van der Waals surface area contributed by atoms with Gasteiger partial charge in [0.2, 0.25) is 21.9 Å². The van der Waals surface area contributed by atoms with Crippen LogP contribution in [-0.4, -0.2) is 69.8 Å². The number of aliphatic hydroxyl groups excluding tert-OH is 1. The lowest BCUT2D eigenvalue weighted by atomic mass is 10.2. The van der Waals surface area contributed by atoms with Crippen LogP contribution in [-0.2, 0) is 10.0 Å². The number of pyridine rings is 1. The number of anilines is 1. The summed E-state index contributed by atoms with van der Waals surface area (Å²) in [6.07, 6.45) is 4.31. The summed E-state index contributed by atoms with van der Waals surface area (Å²) in [5, 5.41) is 17.8. The second-order valence-corrected chi connectivity index (χ2v) is 10.3. The van der Waals surface area contributed by atoms with Gasteiger partial charge in [0.1, 0.15) is 28.5 Å². The highest BCUT2D eigenvalue weighted by Gasteiger charge is 2.33. The summed E-state index contributed by atoms with van der Waals surface area (Å²) in [6, 6.07) is 6.96. The van der Waals surface area contributed by atoms with Crippen molar-refractivity contribution < 1.29 is 27.7 Å². The molecule has 0 aliphatic rings. The minimum Gasteiger partial charge on any atom is -0.494 e. The van der Waals surface area contributed by atoms with E-state index in [1.807, 2.05) is 13.0 Å². The molecule has 13 nitrogen and oxygen atoms in total. The van der Waals surface area contributed by atoms with Crippen LogP contribution in [0.15, 0.2) is 49.1 Å². The Morgan fingerprint density at radius 3 is 2.26 bits per heavy atom. The van der Waals surface area contributed by atoms with Crippen LogP contribution >= 0.6 is 0 Å². The fourth-order valence-electron chi connectivity index (χ4n) is 3.69. The Hall–Kier alpha value is -4.30. The summed E-state index contributed by atoms with van der Waals surface area (Å²) in [6.45, 7) is 3.21. The largest absolute Gasteiger partial charge is 0.494 e. The maximum absolute atomic E-state index is 13.4. The molecular formula is C24H27N7O6S. The summed E-state index contributed by atoms with van der Waals surface area (Å²) in [7, 11) is 0.141. The topological polar surface area (TPSA) is 163 Å². The number of aliphatic hydroxyl groups is 1. The Balaban J connectivity index is 1.81. The van der Waals surface area contributed by atoms with Crippen molar-refractivity contribution in [3.8, 4) is 34.5 Å². The van der Waals surface area contributed by atoms with E-state index in [4.69, 9.17) is 14.2 Å². The molecular weight excluding hydrogens is 514 g/mol. The number of hydrogen-bond acceptors (Lipinski definition) is 11. The molecule has 0 saturated carbocycles. The number of sulfonamides is 1. The van der Waals surface area contributed by atoms with Crippen molar-refractivity contribution in [2.24, 2.45) is 0 Å².